The quantitative estimate of drug-likeness (QED) is 0.573. The molecule has 4 rings (SSSR count). The summed E-state index contributed by atoms with van der Waals surface area (Å²) in [7, 11) is 0. The van der Waals surface area contributed by atoms with Gasteiger partial charge < -0.3 is 4.74 Å². The van der Waals surface area contributed by atoms with Crippen molar-refractivity contribution in [3.63, 3.8) is 0 Å². The Balaban J connectivity index is 1.57. The smallest absolute Gasteiger partial charge is 0.302 e. The van der Waals surface area contributed by atoms with Crippen molar-refractivity contribution in [2.75, 3.05) is 0 Å². The van der Waals surface area contributed by atoms with E-state index in [1.165, 1.54) is 6.92 Å². The number of rotatable bonds is 1. The second-order valence-electron chi connectivity index (χ2n) is 9.94. The molecular weight excluding hydrogens is 322 g/mol. The molecule has 0 N–H and O–H groups in total. The average Bonchev–Trinajstić information content (AvgIpc) is 2.84. The molecule has 2 nitrogen and oxygen atoms in total. The number of carbonyl (C=O) groups is 1. The van der Waals surface area contributed by atoms with Crippen LogP contribution in [0.5, 0.6) is 0 Å². The van der Waals surface area contributed by atoms with Crippen LogP contribution in [-0.4, -0.2) is 18.0 Å². The summed E-state index contributed by atoms with van der Waals surface area (Å²) in [5.74, 6) is -0.625. The van der Waals surface area contributed by atoms with Crippen LogP contribution in [0.3, 0.4) is 0 Å². The van der Waals surface area contributed by atoms with Gasteiger partial charge in [-0.25, -0.2) is 8.78 Å². The molecule has 0 aromatic carbocycles. The van der Waals surface area contributed by atoms with Gasteiger partial charge in [0.25, 0.3) is 0 Å². The number of ether oxygens (including phenoxy) is 1. The van der Waals surface area contributed by atoms with Crippen LogP contribution < -0.4 is 0 Å². The molecule has 4 saturated carbocycles. The SMILES string of the molecule is CC(=O)O[C@@H]1CC[C@@H]2[C@@H]3CC[C@H]4CC(F)(F)CC[C@]4(C)[C@H]3CC[C@@]21C. The fourth-order valence-electron chi connectivity index (χ4n) is 7.52. The maximum Gasteiger partial charge on any atom is 0.302 e. The van der Waals surface area contributed by atoms with Crippen molar-refractivity contribution in [3.05, 3.63) is 0 Å². The molecule has 4 fully saturated rings. The van der Waals surface area contributed by atoms with Crippen LogP contribution in [0.15, 0.2) is 0 Å². The highest BCUT2D eigenvalue weighted by atomic mass is 19.3. The fraction of sp³-hybridized carbons (Fsp3) is 0.952. The van der Waals surface area contributed by atoms with E-state index < -0.39 is 5.92 Å². The zero-order valence-electron chi connectivity index (χ0n) is 15.8. The van der Waals surface area contributed by atoms with E-state index in [2.05, 4.69) is 13.8 Å². The van der Waals surface area contributed by atoms with E-state index in [9.17, 15) is 13.6 Å². The number of alkyl halides is 2. The number of carbonyl (C=O) groups excluding carboxylic acids is 1. The van der Waals surface area contributed by atoms with E-state index in [0.717, 1.165) is 38.5 Å². The van der Waals surface area contributed by atoms with E-state index in [1.807, 2.05) is 0 Å². The first-order chi connectivity index (χ1) is 11.7. The third-order valence-corrected chi connectivity index (χ3v) is 8.86. The highest BCUT2D eigenvalue weighted by molar-refractivity contribution is 5.66. The van der Waals surface area contributed by atoms with Crippen LogP contribution in [0.2, 0.25) is 0 Å². The summed E-state index contributed by atoms with van der Waals surface area (Å²) in [6.07, 6.45) is 7.26. The lowest BCUT2D eigenvalue weighted by Crippen LogP contribution is -2.55. The summed E-state index contributed by atoms with van der Waals surface area (Å²) in [6.45, 7) is 6.14. The number of hydrogen-bond acceptors (Lipinski definition) is 2. The molecule has 0 aromatic heterocycles. The minimum absolute atomic E-state index is 0.0529. The molecule has 25 heavy (non-hydrogen) atoms. The highest BCUT2D eigenvalue weighted by Gasteiger charge is 2.62. The first-order valence-corrected chi connectivity index (χ1v) is 10.2. The highest BCUT2D eigenvalue weighted by Crippen LogP contribution is 2.67. The summed E-state index contributed by atoms with van der Waals surface area (Å²) in [4.78, 5) is 11.5. The van der Waals surface area contributed by atoms with E-state index in [-0.39, 0.29) is 41.7 Å². The van der Waals surface area contributed by atoms with Crippen LogP contribution >= 0.6 is 0 Å². The molecule has 7 atom stereocenters. The van der Waals surface area contributed by atoms with Gasteiger partial charge in [-0.1, -0.05) is 13.8 Å². The summed E-state index contributed by atoms with van der Waals surface area (Å²) >= 11 is 0. The molecule has 0 bridgehead atoms. The van der Waals surface area contributed by atoms with Crippen molar-refractivity contribution < 1.29 is 18.3 Å². The summed E-state index contributed by atoms with van der Waals surface area (Å²) in [5.41, 5.74) is 0.181. The molecule has 4 aliphatic rings. The fourth-order valence-corrected chi connectivity index (χ4v) is 7.52. The van der Waals surface area contributed by atoms with Crippen molar-refractivity contribution in [2.45, 2.75) is 90.6 Å². The number of fused-ring (bicyclic) bond motifs is 5. The summed E-state index contributed by atoms with van der Waals surface area (Å²) in [6, 6.07) is 0. The molecule has 0 aromatic rings. The molecule has 0 spiro atoms. The van der Waals surface area contributed by atoms with E-state index in [0.29, 0.717) is 24.2 Å². The monoisotopic (exact) mass is 354 g/mol. The Morgan fingerprint density at radius 3 is 2.36 bits per heavy atom. The minimum Gasteiger partial charge on any atom is -0.462 e. The maximum absolute atomic E-state index is 14.0. The third kappa shape index (κ3) is 2.65. The predicted molar refractivity (Wildman–Crippen MR) is 92.2 cm³/mol. The van der Waals surface area contributed by atoms with Gasteiger partial charge in [-0.05, 0) is 74.0 Å². The molecule has 4 heteroatoms. The van der Waals surface area contributed by atoms with Gasteiger partial charge in [-0.15, -0.1) is 0 Å². The van der Waals surface area contributed by atoms with Gasteiger partial charge >= 0.3 is 5.97 Å². The lowest BCUT2D eigenvalue weighted by Gasteiger charge is -2.60. The minimum atomic E-state index is -2.45. The van der Waals surface area contributed by atoms with Crippen LogP contribution in [0.4, 0.5) is 8.78 Å². The largest absolute Gasteiger partial charge is 0.462 e. The zero-order chi connectivity index (χ0) is 18.0. The van der Waals surface area contributed by atoms with Crippen molar-refractivity contribution in [1.29, 1.82) is 0 Å². The van der Waals surface area contributed by atoms with Gasteiger partial charge in [0.1, 0.15) is 6.10 Å². The lowest BCUT2D eigenvalue weighted by atomic mass is 9.45. The van der Waals surface area contributed by atoms with Crippen LogP contribution in [0.25, 0.3) is 0 Å². The molecule has 0 amide bonds. The van der Waals surface area contributed by atoms with E-state index >= 15 is 0 Å². The van der Waals surface area contributed by atoms with Crippen LogP contribution in [0, 0.1) is 34.5 Å². The third-order valence-electron chi connectivity index (χ3n) is 8.86. The van der Waals surface area contributed by atoms with Crippen LogP contribution in [-0.2, 0) is 9.53 Å². The van der Waals surface area contributed by atoms with Crippen molar-refractivity contribution >= 4 is 5.97 Å². The van der Waals surface area contributed by atoms with E-state index in [1.54, 1.807) is 0 Å². The predicted octanol–water partition coefficient (Wildman–Crippen LogP) is 5.60. The molecular formula is C21H32F2O2. The molecule has 0 radical (unpaired) electrons. The second-order valence-corrected chi connectivity index (χ2v) is 9.94. The lowest BCUT2D eigenvalue weighted by molar-refractivity contribution is -0.174. The Morgan fingerprint density at radius 2 is 1.64 bits per heavy atom. The topological polar surface area (TPSA) is 26.3 Å². The Hall–Kier alpha value is -0.670. The van der Waals surface area contributed by atoms with Gasteiger partial charge in [0.2, 0.25) is 5.92 Å². The van der Waals surface area contributed by atoms with Crippen molar-refractivity contribution in [2.24, 2.45) is 34.5 Å². The van der Waals surface area contributed by atoms with Gasteiger partial charge in [0, 0.05) is 25.2 Å². The first-order valence-electron chi connectivity index (χ1n) is 10.2. The van der Waals surface area contributed by atoms with Gasteiger partial charge in [0.05, 0.1) is 0 Å². The Bertz CT molecular complexity index is 562. The van der Waals surface area contributed by atoms with Gasteiger partial charge in [0.15, 0.2) is 0 Å². The number of esters is 1. The first kappa shape index (κ1) is 17.7. The molecule has 0 saturated heterocycles. The molecule has 4 aliphatic carbocycles. The van der Waals surface area contributed by atoms with E-state index in [4.69, 9.17) is 4.74 Å². The normalized spacial score (nSPS) is 51.2. The molecule has 142 valence electrons. The maximum atomic E-state index is 14.0. The Labute approximate surface area is 150 Å². The van der Waals surface area contributed by atoms with Crippen molar-refractivity contribution in [3.8, 4) is 0 Å². The average molecular weight is 354 g/mol. The molecule has 0 aliphatic heterocycles. The van der Waals surface area contributed by atoms with Gasteiger partial charge in [-0.3, -0.25) is 4.79 Å². The Kier molecular flexibility index (Phi) is 4.01. The molecule has 0 heterocycles. The summed E-state index contributed by atoms with van der Waals surface area (Å²) in [5, 5.41) is 0. The standard InChI is InChI=1S/C21H32F2O2/c1-13(24)25-18-7-6-16-15-5-4-14-12-21(22,23)11-10-19(14,2)17(15)8-9-20(16,18)3/h14-18H,4-12H2,1-3H3/t14-,15-,16+,17-,18+,19-,20-/m0/s1. The zero-order valence-corrected chi connectivity index (χ0v) is 15.8. The second kappa shape index (κ2) is 5.66. The number of halogens is 2. The van der Waals surface area contributed by atoms with Crippen LogP contribution in [0.1, 0.15) is 78.6 Å². The summed E-state index contributed by atoms with van der Waals surface area (Å²) < 4.78 is 33.6. The van der Waals surface area contributed by atoms with Crippen molar-refractivity contribution in [1.82, 2.24) is 0 Å². The van der Waals surface area contributed by atoms with Gasteiger partial charge in [-0.2, -0.15) is 0 Å². The Morgan fingerprint density at radius 1 is 0.920 bits per heavy atom. The number of hydrogen-bond donors (Lipinski definition) is 0. The molecule has 0 unspecified atom stereocenters.